The summed E-state index contributed by atoms with van der Waals surface area (Å²) in [6.07, 6.45) is 2.58. The van der Waals surface area contributed by atoms with Crippen LogP contribution in [0.15, 0.2) is 29.8 Å². The van der Waals surface area contributed by atoms with E-state index in [9.17, 15) is 0 Å². The summed E-state index contributed by atoms with van der Waals surface area (Å²) in [4.78, 5) is 5.13. The number of halogens is 3. The topological polar surface area (TPSA) is 3.24 Å². The molecule has 1 nitrogen and oxygen atoms in total. The van der Waals surface area contributed by atoms with Crippen LogP contribution in [0.5, 0.6) is 0 Å². The van der Waals surface area contributed by atoms with Gasteiger partial charge in [0.15, 0.2) is 0 Å². The van der Waals surface area contributed by atoms with Crippen molar-refractivity contribution in [2.75, 3.05) is 19.6 Å². The van der Waals surface area contributed by atoms with Crippen molar-refractivity contribution in [3.8, 4) is 0 Å². The van der Waals surface area contributed by atoms with Gasteiger partial charge in [0.2, 0.25) is 0 Å². The highest BCUT2D eigenvalue weighted by atomic mass is 35.5. The van der Waals surface area contributed by atoms with Crippen molar-refractivity contribution in [3.63, 3.8) is 0 Å². The maximum absolute atomic E-state index is 6.18. The van der Waals surface area contributed by atoms with Crippen LogP contribution in [0.2, 0.25) is 8.67 Å². The minimum atomic E-state index is 0. The average Bonchev–Trinajstić information content (AvgIpc) is 3.10. The van der Waals surface area contributed by atoms with E-state index < -0.39 is 0 Å². The minimum Gasteiger partial charge on any atom is -0.299 e. The van der Waals surface area contributed by atoms with Gasteiger partial charge in [-0.3, -0.25) is 4.90 Å². The number of hydrogen-bond donors (Lipinski definition) is 0. The predicted molar refractivity (Wildman–Crippen MR) is 101 cm³/mol. The normalized spacial score (nSPS) is 23.5. The van der Waals surface area contributed by atoms with Gasteiger partial charge in [0.1, 0.15) is 0 Å². The van der Waals surface area contributed by atoms with E-state index in [0.29, 0.717) is 0 Å². The minimum absolute atomic E-state index is 0. The number of piperidine rings is 3. The van der Waals surface area contributed by atoms with Gasteiger partial charge in [0.05, 0.1) is 8.67 Å². The van der Waals surface area contributed by atoms with E-state index in [1.807, 2.05) is 12.1 Å². The fourth-order valence-electron chi connectivity index (χ4n) is 3.43. The highest BCUT2D eigenvalue weighted by molar-refractivity contribution is 7.19. The van der Waals surface area contributed by atoms with Crippen molar-refractivity contribution in [1.82, 2.24) is 4.90 Å². The number of hydrogen-bond acceptors (Lipinski definition) is 3. The average molecular weight is 393 g/mol. The molecule has 5 rings (SSSR count). The smallest absolute Gasteiger partial charge is 0.0934 e. The van der Waals surface area contributed by atoms with Gasteiger partial charge < -0.3 is 0 Å². The molecule has 0 amide bonds. The molecule has 118 valence electrons. The summed E-state index contributed by atoms with van der Waals surface area (Å²) in [5.41, 5.74) is 2.97. The zero-order valence-electron chi connectivity index (χ0n) is 11.9. The number of rotatable bonds is 2. The lowest BCUT2D eigenvalue weighted by molar-refractivity contribution is 0.162. The Morgan fingerprint density at radius 2 is 1.50 bits per heavy atom. The van der Waals surface area contributed by atoms with Crippen LogP contribution in [0.25, 0.3) is 5.57 Å². The first-order chi connectivity index (χ1) is 10.2. The molecule has 2 aromatic heterocycles. The third-order valence-corrected chi connectivity index (χ3v) is 6.93. The van der Waals surface area contributed by atoms with E-state index in [4.69, 9.17) is 23.2 Å². The molecular formula is C16H16Cl3NS2. The molecule has 22 heavy (non-hydrogen) atoms. The summed E-state index contributed by atoms with van der Waals surface area (Å²) in [5, 5.41) is 0. The first kappa shape index (κ1) is 16.8. The Hall–Kier alpha value is -0.0300. The summed E-state index contributed by atoms with van der Waals surface area (Å²) < 4.78 is 1.71. The van der Waals surface area contributed by atoms with Crippen LogP contribution in [-0.2, 0) is 0 Å². The summed E-state index contributed by atoms with van der Waals surface area (Å²) >= 11 is 15.7. The quantitative estimate of drug-likeness (QED) is 0.600. The molecule has 0 N–H and O–H groups in total. The van der Waals surface area contributed by atoms with Gasteiger partial charge in [-0.1, -0.05) is 23.2 Å². The molecule has 3 aliphatic rings. The van der Waals surface area contributed by atoms with Crippen molar-refractivity contribution < 1.29 is 0 Å². The molecule has 0 atom stereocenters. The van der Waals surface area contributed by atoms with Gasteiger partial charge in [0, 0.05) is 21.9 Å². The Bertz CT molecular complexity index is 654. The van der Waals surface area contributed by atoms with Gasteiger partial charge in [-0.25, -0.2) is 0 Å². The van der Waals surface area contributed by atoms with E-state index in [1.54, 1.807) is 28.2 Å². The summed E-state index contributed by atoms with van der Waals surface area (Å²) in [6.45, 7) is 3.60. The maximum atomic E-state index is 6.18. The van der Waals surface area contributed by atoms with E-state index in [2.05, 4.69) is 17.0 Å². The van der Waals surface area contributed by atoms with E-state index >= 15 is 0 Å². The SMILES string of the molecule is Cl.Clc1ccc(C(=C2CN3CCC2CC3)c2ccc(Cl)s2)s1. The molecule has 0 saturated carbocycles. The fourth-order valence-corrected chi connectivity index (χ4v) is 5.77. The van der Waals surface area contributed by atoms with Crippen molar-refractivity contribution in [1.29, 1.82) is 0 Å². The molecule has 2 bridgehead atoms. The van der Waals surface area contributed by atoms with Crippen LogP contribution in [-0.4, -0.2) is 24.5 Å². The molecular weight excluding hydrogens is 377 g/mol. The monoisotopic (exact) mass is 391 g/mol. The van der Waals surface area contributed by atoms with Crippen LogP contribution < -0.4 is 0 Å². The second-order valence-corrected chi connectivity index (χ2v) is 9.09. The van der Waals surface area contributed by atoms with Crippen molar-refractivity contribution in [2.24, 2.45) is 5.92 Å². The lowest BCUT2D eigenvalue weighted by Crippen LogP contribution is -2.43. The molecule has 0 spiro atoms. The molecule has 0 aromatic carbocycles. The van der Waals surface area contributed by atoms with Crippen molar-refractivity contribution in [3.05, 3.63) is 48.3 Å². The molecule has 2 aromatic rings. The lowest BCUT2D eigenvalue weighted by atomic mass is 9.80. The van der Waals surface area contributed by atoms with Crippen LogP contribution in [0.4, 0.5) is 0 Å². The molecule has 6 heteroatoms. The Morgan fingerprint density at radius 1 is 0.955 bits per heavy atom. The van der Waals surface area contributed by atoms with Crippen LogP contribution in [0.1, 0.15) is 22.6 Å². The molecule has 0 radical (unpaired) electrons. The van der Waals surface area contributed by atoms with Gasteiger partial charge in [0.25, 0.3) is 0 Å². The van der Waals surface area contributed by atoms with Crippen LogP contribution in [0, 0.1) is 5.92 Å². The highest BCUT2D eigenvalue weighted by Gasteiger charge is 2.32. The van der Waals surface area contributed by atoms with E-state index in [0.717, 1.165) is 21.1 Å². The summed E-state index contributed by atoms with van der Waals surface area (Å²) in [5.74, 6) is 0.728. The lowest BCUT2D eigenvalue weighted by Gasteiger charge is -2.42. The first-order valence-corrected chi connectivity index (χ1v) is 9.56. The maximum Gasteiger partial charge on any atom is 0.0934 e. The Labute approximate surface area is 155 Å². The zero-order valence-corrected chi connectivity index (χ0v) is 15.8. The second kappa shape index (κ2) is 6.84. The third-order valence-electron chi connectivity index (χ3n) is 4.43. The second-order valence-electron chi connectivity index (χ2n) is 5.66. The van der Waals surface area contributed by atoms with Gasteiger partial charge in [-0.15, -0.1) is 35.1 Å². The Kier molecular flexibility index (Phi) is 5.23. The van der Waals surface area contributed by atoms with E-state index in [1.165, 1.54) is 41.3 Å². The highest BCUT2D eigenvalue weighted by Crippen LogP contribution is 2.44. The van der Waals surface area contributed by atoms with Crippen molar-refractivity contribution >= 4 is 63.9 Å². The standard InChI is InChI=1S/C16H15Cl2NS2.ClH/c17-14-3-1-12(20-14)16(13-2-4-15(18)21-13)11-9-19-7-5-10(11)6-8-19;/h1-4,10H,5-9H2;1H. The number of fused-ring (bicyclic) bond motifs is 3. The Morgan fingerprint density at radius 3 is 1.86 bits per heavy atom. The zero-order chi connectivity index (χ0) is 14.4. The van der Waals surface area contributed by atoms with Crippen LogP contribution in [0.3, 0.4) is 0 Å². The third kappa shape index (κ3) is 3.12. The number of nitrogens with zero attached hydrogens (tertiary/aromatic N) is 1. The molecule has 5 heterocycles. The predicted octanol–water partition coefficient (Wildman–Crippen LogP) is 6.07. The first-order valence-electron chi connectivity index (χ1n) is 7.17. The van der Waals surface area contributed by atoms with Gasteiger partial charge in [-0.05, 0) is 61.7 Å². The van der Waals surface area contributed by atoms with Gasteiger partial charge in [-0.2, -0.15) is 0 Å². The molecule has 0 unspecified atom stereocenters. The molecule has 0 aliphatic carbocycles. The fraction of sp³-hybridized carbons (Fsp3) is 0.375. The molecule has 3 fully saturated rings. The molecule has 3 aliphatic heterocycles. The Balaban J connectivity index is 0.00000144. The van der Waals surface area contributed by atoms with E-state index in [-0.39, 0.29) is 12.4 Å². The van der Waals surface area contributed by atoms with Crippen LogP contribution >= 0.6 is 58.3 Å². The summed E-state index contributed by atoms with van der Waals surface area (Å²) in [7, 11) is 0. The summed E-state index contributed by atoms with van der Waals surface area (Å²) in [6, 6.07) is 8.30. The number of thiophene rings is 2. The largest absolute Gasteiger partial charge is 0.299 e. The van der Waals surface area contributed by atoms with Gasteiger partial charge >= 0.3 is 0 Å². The van der Waals surface area contributed by atoms with Crippen molar-refractivity contribution in [2.45, 2.75) is 12.8 Å². The molecule has 3 saturated heterocycles.